The Bertz CT molecular complexity index is 381. The van der Waals surface area contributed by atoms with E-state index in [1.165, 1.54) is 6.42 Å². The molecule has 1 aliphatic heterocycles. The highest BCUT2D eigenvalue weighted by atomic mass is 19.1. The summed E-state index contributed by atoms with van der Waals surface area (Å²) in [4.78, 5) is 6.24. The van der Waals surface area contributed by atoms with Gasteiger partial charge >= 0.3 is 0 Å². The molecule has 1 aromatic rings. The van der Waals surface area contributed by atoms with Crippen LogP contribution >= 0.6 is 0 Å². The maximum absolute atomic E-state index is 14.1. The molecule has 0 radical (unpaired) electrons. The van der Waals surface area contributed by atoms with Gasteiger partial charge in [-0.15, -0.1) is 0 Å². The highest BCUT2D eigenvalue weighted by Crippen LogP contribution is 2.26. The van der Waals surface area contributed by atoms with Crippen LogP contribution in [0.2, 0.25) is 0 Å². The van der Waals surface area contributed by atoms with E-state index in [-0.39, 0.29) is 12.4 Å². The Labute approximate surface area is 102 Å². The lowest BCUT2D eigenvalue weighted by Gasteiger charge is -2.33. The molecule has 0 spiro atoms. The fourth-order valence-corrected chi connectivity index (χ4v) is 2.44. The number of pyridine rings is 1. The Balaban J connectivity index is 2.21. The van der Waals surface area contributed by atoms with Gasteiger partial charge in [-0.1, -0.05) is 13.3 Å². The molecule has 4 heteroatoms. The number of hydrogen-bond acceptors (Lipinski definition) is 3. The fourth-order valence-electron chi connectivity index (χ4n) is 2.44. The van der Waals surface area contributed by atoms with Crippen molar-refractivity contribution in [1.82, 2.24) is 4.98 Å². The van der Waals surface area contributed by atoms with Gasteiger partial charge in [-0.2, -0.15) is 0 Å². The lowest BCUT2D eigenvalue weighted by Crippen LogP contribution is -2.36. The average molecular weight is 237 g/mol. The molecule has 94 valence electrons. The van der Waals surface area contributed by atoms with Crippen molar-refractivity contribution < 1.29 is 4.39 Å². The number of rotatable bonds is 3. The van der Waals surface area contributed by atoms with Crippen LogP contribution in [0.4, 0.5) is 10.2 Å². The van der Waals surface area contributed by atoms with Crippen molar-refractivity contribution in [3.63, 3.8) is 0 Å². The summed E-state index contributed by atoms with van der Waals surface area (Å²) in [5, 5.41) is 0. The second-order valence-corrected chi connectivity index (χ2v) is 4.67. The molecule has 0 aromatic carbocycles. The smallest absolute Gasteiger partial charge is 0.170 e. The van der Waals surface area contributed by atoms with Crippen LogP contribution in [0, 0.1) is 11.7 Å². The third-order valence-corrected chi connectivity index (χ3v) is 3.57. The first-order chi connectivity index (χ1) is 8.26. The third kappa shape index (κ3) is 2.57. The Kier molecular flexibility index (Phi) is 3.94. The topological polar surface area (TPSA) is 42.2 Å². The first-order valence-electron chi connectivity index (χ1n) is 6.34. The molecule has 3 nitrogen and oxygen atoms in total. The zero-order valence-corrected chi connectivity index (χ0v) is 10.3. The van der Waals surface area contributed by atoms with Crippen LogP contribution in [0.25, 0.3) is 0 Å². The molecule has 0 amide bonds. The van der Waals surface area contributed by atoms with Crippen LogP contribution in [0.1, 0.15) is 31.7 Å². The van der Waals surface area contributed by atoms with Gasteiger partial charge in [-0.3, -0.25) is 0 Å². The predicted molar refractivity (Wildman–Crippen MR) is 67.3 cm³/mol. The molecule has 1 aliphatic rings. The van der Waals surface area contributed by atoms with Gasteiger partial charge in [0.15, 0.2) is 11.6 Å². The Hall–Kier alpha value is -1.16. The highest BCUT2D eigenvalue weighted by Gasteiger charge is 2.22. The molecule has 1 atom stereocenters. The van der Waals surface area contributed by atoms with E-state index in [0.29, 0.717) is 17.3 Å². The molecule has 1 unspecified atom stereocenters. The van der Waals surface area contributed by atoms with Crippen molar-refractivity contribution >= 4 is 5.82 Å². The normalized spacial score (nSPS) is 20.6. The summed E-state index contributed by atoms with van der Waals surface area (Å²) in [6.45, 7) is 4.23. The zero-order valence-electron chi connectivity index (χ0n) is 10.3. The fraction of sp³-hybridized carbons (Fsp3) is 0.615. The van der Waals surface area contributed by atoms with Crippen LogP contribution in [-0.2, 0) is 6.54 Å². The largest absolute Gasteiger partial charge is 0.354 e. The summed E-state index contributed by atoms with van der Waals surface area (Å²) >= 11 is 0. The van der Waals surface area contributed by atoms with Crippen molar-refractivity contribution in [1.29, 1.82) is 0 Å². The average Bonchev–Trinajstić information content (AvgIpc) is 2.39. The molecule has 1 saturated heterocycles. The maximum Gasteiger partial charge on any atom is 0.170 e. The molecule has 2 heterocycles. The highest BCUT2D eigenvalue weighted by molar-refractivity contribution is 5.43. The standard InChI is InChI=1S/C13H20FN3/c1-2-10-4-3-7-17(9-10)13-12(14)11(8-15)5-6-16-13/h5-6,10H,2-4,7-9,15H2,1H3. The number of nitrogens with zero attached hydrogens (tertiary/aromatic N) is 2. The van der Waals surface area contributed by atoms with Crippen LogP contribution in [0.3, 0.4) is 0 Å². The Morgan fingerprint density at radius 3 is 3.12 bits per heavy atom. The predicted octanol–water partition coefficient (Wildman–Crippen LogP) is 2.31. The SMILES string of the molecule is CCC1CCCN(c2nccc(CN)c2F)C1. The van der Waals surface area contributed by atoms with Gasteiger partial charge in [0.1, 0.15) is 0 Å². The summed E-state index contributed by atoms with van der Waals surface area (Å²) in [7, 11) is 0. The lowest BCUT2D eigenvalue weighted by atomic mass is 9.95. The molecule has 17 heavy (non-hydrogen) atoms. The third-order valence-electron chi connectivity index (χ3n) is 3.57. The quantitative estimate of drug-likeness (QED) is 0.877. The molecule has 1 aromatic heterocycles. The monoisotopic (exact) mass is 237 g/mol. The van der Waals surface area contributed by atoms with Crippen molar-refractivity contribution in [3.8, 4) is 0 Å². The maximum atomic E-state index is 14.1. The number of halogens is 1. The summed E-state index contributed by atoms with van der Waals surface area (Å²) in [6.07, 6.45) is 5.16. The van der Waals surface area contributed by atoms with Gasteiger partial charge in [0, 0.05) is 31.4 Å². The summed E-state index contributed by atoms with van der Waals surface area (Å²) < 4.78 is 14.1. The van der Waals surface area contributed by atoms with E-state index in [2.05, 4.69) is 16.8 Å². The van der Waals surface area contributed by atoms with E-state index < -0.39 is 0 Å². The van der Waals surface area contributed by atoms with Gasteiger partial charge in [-0.25, -0.2) is 9.37 Å². The molecule has 2 rings (SSSR count). The van der Waals surface area contributed by atoms with E-state index in [4.69, 9.17) is 5.73 Å². The van der Waals surface area contributed by atoms with Crippen molar-refractivity contribution in [2.75, 3.05) is 18.0 Å². The number of nitrogens with two attached hydrogens (primary N) is 1. The zero-order chi connectivity index (χ0) is 12.3. The molecule has 0 saturated carbocycles. The lowest BCUT2D eigenvalue weighted by molar-refractivity contribution is 0.399. The summed E-state index contributed by atoms with van der Waals surface area (Å²) in [5.74, 6) is 0.893. The second kappa shape index (κ2) is 5.45. The van der Waals surface area contributed by atoms with Crippen LogP contribution in [0.15, 0.2) is 12.3 Å². The summed E-state index contributed by atoms with van der Waals surface area (Å²) in [6, 6.07) is 1.65. The first kappa shape index (κ1) is 12.3. The molecular formula is C13H20FN3. The molecular weight excluding hydrogens is 217 g/mol. The molecule has 2 N–H and O–H groups in total. The minimum Gasteiger partial charge on any atom is -0.354 e. The van der Waals surface area contributed by atoms with Gasteiger partial charge in [0.05, 0.1) is 0 Å². The summed E-state index contributed by atoms with van der Waals surface area (Å²) in [5.41, 5.74) is 6.07. The molecule has 0 bridgehead atoms. The minimum absolute atomic E-state index is 0.229. The van der Waals surface area contributed by atoms with Gasteiger partial charge < -0.3 is 10.6 Å². The van der Waals surface area contributed by atoms with E-state index >= 15 is 0 Å². The molecule has 1 fully saturated rings. The Morgan fingerprint density at radius 1 is 1.59 bits per heavy atom. The van der Waals surface area contributed by atoms with Crippen molar-refractivity contribution in [2.24, 2.45) is 11.7 Å². The van der Waals surface area contributed by atoms with E-state index in [9.17, 15) is 4.39 Å². The van der Waals surface area contributed by atoms with Gasteiger partial charge in [0.25, 0.3) is 0 Å². The van der Waals surface area contributed by atoms with Crippen LogP contribution < -0.4 is 10.6 Å². The number of aromatic nitrogens is 1. The van der Waals surface area contributed by atoms with Crippen LogP contribution in [0.5, 0.6) is 0 Å². The van der Waals surface area contributed by atoms with Crippen molar-refractivity contribution in [3.05, 3.63) is 23.6 Å². The number of piperidine rings is 1. The van der Waals surface area contributed by atoms with E-state index in [1.54, 1.807) is 12.3 Å². The number of anilines is 1. The first-order valence-corrected chi connectivity index (χ1v) is 6.34. The minimum atomic E-state index is -0.244. The van der Waals surface area contributed by atoms with Gasteiger partial charge in [-0.05, 0) is 24.8 Å². The van der Waals surface area contributed by atoms with Crippen LogP contribution in [-0.4, -0.2) is 18.1 Å². The van der Waals surface area contributed by atoms with E-state index in [0.717, 1.165) is 25.9 Å². The second-order valence-electron chi connectivity index (χ2n) is 4.67. The van der Waals surface area contributed by atoms with E-state index in [1.807, 2.05) is 0 Å². The van der Waals surface area contributed by atoms with Crippen molar-refractivity contribution in [2.45, 2.75) is 32.7 Å². The Morgan fingerprint density at radius 2 is 2.41 bits per heavy atom. The molecule has 0 aliphatic carbocycles. The number of hydrogen-bond donors (Lipinski definition) is 1. The van der Waals surface area contributed by atoms with Gasteiger partial charge in [0.2, 0.25) is 0 Å².